The number of benzene rings is 3. The van der Waals surface area contributed by atoms with Gasteiger partial charge in [0.25, 0.3) is 5.91 Å². The molecule has 2 heterocycles. The molecule has 41 heavy (non-hydrogen) atoms. The van der Waals surface area contributed by atoms with E-state index in [4.69, 9.17) is 9.47 Å². The zero-order chi connectivity index (χ0) is 28.1. The van der Waals surface area contributed by atoms with Crippen LogP contribution in [0.25, 0.3) is 22.0 Å². The lowest BCUT2D eigenvalue weighted by Crippen LogP contribution is -2.57. The van der Waals surface area contributed by atoms with Crippen molar-refractivity contribution in [3.63, 3.8) is 0 Å². The maximum Gasteiger partial charge on any atom is 0.306 e. The van der Waals surface area contributed by atoms with Crippen LogP contribution in [0.3, 0.4) is 0 Å². The molecule has 7 nitrogen and oxygen atoms in total. The molecule has 3 aromatic carbocycles. The molecule has 1 saturated heterocycles. The highest BCUT2D eigenvalue weighted by Gasteiger charge is 2.55. The molecule has 0 radical (unpaired) electrons. The first-order chi connectivity index (χ1) is 19.9. The molecule has 2 saturated carbocycles. The van der Waals surface area contributed by atoms with Gasteiger partial charge in [0.15, 0.2) is 0 Å². The molecule has 3 fully saturated rings. The first-order valence-electron chi connectivity index (χ1n) is 14.1. The molecule has 4 aromatic rings. The Morgan fingerprint density at radius 1 is 1.00 bits per heavy atom. The predicted molar refractivity (Wildman–Crippen MR) is 151 cm³/mol. The standard InChI is InChI=1S/C33H31FN2O5/c34-29-9-8-28(31(37)35-24-15-33(16-24)13-23(14-33)32(38)39)30-27(29)10-11-36(30)17-20-4-6-21(7-5-20)22-2-1-3-25(12-22)41-26-18-40-19-26/h1-12,23-24,26H,13-19H2,(H,35,37)(H,38,39). The van der Waals surface area contributed by atoms with Gasteiger partial charge >= 0.3 is 5.97 Å². The minimum atomic E-state index is -0.730. The van der Waals surface area contributed by atoms with E-state index in [1.165, 1.54) is 6.07 Å². The van der Waals surface area contributed by atoms with Crippen LogP contribution in [0.2, 0.25) is 0 Å². The van der Waals surface area contributed by atoms with E-state index in [2.05, 4.69) is 17.4 Å². The number of halogens is 1. The fourth-order valence-corrected chi connectivity index (χ4v) is 6.67. The van der Waals surface area contributed by atoms with E-state index in [1.54, 1.807) is 12.1 Å². The van der Waals surface area contributed by atoms with E-state index in [1.807, 2.05) is 47.2 Å². The molecule has 0 unspecified atom stereocenters. The number of carboxylic acid groups (broad SMARTS) is 1. The summed E-state index contributed by atoms with van der Waals surface area (Å²) in [5.41, 5.74) is 4.21. The smallest absolute Gasteiger partial charge is 0.306 e. The monoisotopic (exact) mass is 554 g/mol. The Kier molecular flexibility index (Phi) is 6.31. The van der Waals surface area contributed by atoms with Gasteiger partial charge in [0.1, 0.15) is 17.7 Å². The van der Waals surface area contributed by atoms with E-state index in [-0.39, 0.29) is 35.2 Å². The lowest BCUT2D eigenvalue weighted by molar-refractivity contribution is -0.155. The van der Waals surface area contributed by atoms with Crippen molar-refractivity contribution >= 4 is 22.8 Å². The molecule has 0 bridgehead atoms. The number of carbonyl (C=O) groups excluding carboxylic acids is 1. The van der Waals surface area contributed by atoms with Crippen molar-refractivity contribution in [3.8, 4) is 16.9 Å². The van der Waals surface area contributed by atoms with Crippen LogP contribution in [-0.2, 0) is 16.1 Å². The molecule has 210 valence electrons. The summed E-state index contributed by atoms with van der Waals surface area (Å²) in [6.07, 6.45) is 4.90. The Labute approximate surface area is 236 Å². The Balaban J connectivity index is 1.06. The van der Waals surface area contributed by atoms with Crippen molar-refractivity contribution < 1.29 is 28.6 Å². The minimum Gasteiger partial charge on any atom is -0.486 e. The quantitative estimate of drug-likeness (QED) is 0.294. The van der Waals surface area contributed by atoms with Gasteiger partial charge in [-0.25, -0.2) is 4.39 Å². The van der Waals surface area contributed by atoms with Gasteiger partial charge in [0.2, 0.25) is 0 Å². The zero-order valence-electron chi connectivity index (χ0n) is 22.5. The van der Waals surface area contributed by atoms with Crippen LogP contribution in [0.1, 0.15) is 41.6 Å². The lowest BCUT2D eigenvalue weighted by atomic mass is 9.50. The van der Waals surface area contributed by atoms with Crippen LogP contribution in [0.4, 0.5) is 4.39 Å². The highest BCUT2D eigenvalue weighted by atomic mass is 19.1. The predicted octanol–water partition coefficient (Wildman–Crippen LogP) is 5.65. The second-order valence-electron chi connectivity index (χ2n) is 11.8. The van der Waals surface area contributed by atoms with Gasteiger partial charge in [-0.2, -0.15) is 0 Å². The fraction of sp³-hybridized carbons (Fsp3) is 0.333. The number of carboxylic acids is 1. The Bertz CT molecular complexity index is 1630. The summed E-state index contributed by atoms with van der Waals surface area (Å²) in [5, 5.41) is 12.7. The number of nitrogens with zero attached hydrogens (tertiary/aromatic N) is 1. The SMILES string of the molecule is O=C(NC1CC2(C1)CC(C(=O)O)C2)c1ccc(F)c2ccn(Cc3ccc(-c4cccc(OC5COC5)c4)cc3)c12. The molecule has 3 aliphatic rings. The molecule has 0 atom stereocenters. The van der Waals surface area contributed by atoms with Crippen molar-refractivity contribution in [1.82, 2.24) is 9.88 Å². The highest BCUT2D eigenvalue weighted by molar-refractivity contribution is 6.06. The number of aliphatic carboxylic acids is 1. The van der Waals surface area contributed by atoms with Crippen molar-refractivity contribution in [2.45, 2.75) is 44.4 Å². The lowest BCUT2D eigenvalue weighted by Gasteiger charge is -2.56. The summed E-state index contributed by atoms with van der Waals surface area (Å²) in [4.78, 5) is 24.5. The number of carbonyl (C=O) groups is 2. The van der Waals surface area contributed by atoms with Crippen LogP contribution in [0.5, 0.6) is 5.75 Å². The molecule has 2 N–H and O–H groups in total. The van der Waals surface area contributed by atoms with Crippen molar-refractivity contribution in [1.29, 1.82) is 0 Å². The summed E-state index contributed by atoms with van der Waals surface area (Å²) in [7, 11) is 0. The van der Waals surface area contributed by atoms with Gasteiger partial charge in [0.05, 0.1) is 30.2 Å². The first-order valence-corrected chi connectivity index (χ1v) is 14.1. The third kappa shape index (κ3) is 4.86. The molecule has 7 rings (SSSR count). The van der Waals surface area contributed by atoms with E-state index < -0.39 is 5.97 Å². The highest BCUT2D eigenvalue weighted by Crippen LogP contribution is 2.58. The van der Waals surface area contributed by atoms with Crippen molar-refractivity contribution in [2.24, 2.45) is 11.3 Å². The molecule has 2 aliphatic carbocycles. The van der Waals surface area contributed by atoms with E-state index in [0.717, 1.165) is 35.3 Å². The topological polar surface area (TPSA) is 89.8 Å². The van der Waals surface area contributed by atoms with Crippen LogP contribution in [0.15, 0.2) is 72.9 Å². The van der Waals surface area contributed by atoms with Crippen molar-refractivity contribution in [3.05, 3.63) is 89.9 Å². The number of fused-ring (bicyclic) bond motifs is 1. The number of hydrogen-bond donors (Lipinski definition) is 2. The number of hydrogen-bond acceptors (Lipinski definition) is 4. The molecule has 8 heteroatoms. The number of amides is 1. The van der Waals surface area contributed by atoms with E-state index in [9.17, 15) is 19.1 Å². The minimum absolute atomic E-state index is 0.0132. The number of nitrogens with one attached hydrogen (secondary N) is 1. The maximum absolute atomic E-state index is 14.7. The van der Waals surface area contributed by atoms with Crippen LogP contribution < -0.4 is 10.1 Å². The summed E-state index contributed by atoms with van der Waals surface area (Å²) in [6.45, 7) is 1.73. The third-order valence-electron chi connectivity index (χ3n) is 8.90. The molecular formula is C33H31FN2O5. The molecule has 1 aromatic heterocycles. The van der Waals surface area contributed by atoms with E-state index in [0.29, 0.717) is 49.1 Å². The molecular weight excluding hydrogens is 523 g/mol. The first kappa shape index (κ1) is 25.8. The van der Waals surface area contributed by atoms with Crippen LogP contribution in [-0.4, -0.2) is 46.9 Å². The van der Waals surface area contributed by atoms with E-state index >= 15 is 0 Å². The van der Waals surface area contributed by atoms with Gasteiger partial charge < -0.3 is 24.5 Å². The summed E-state index contributed by atoms with van der Waals surface area (Å²) in [6, 6.07) is 20.8. The van der Waals surface area contributed by atoms with Crippen molar-refractivity contribution in [2.75, 3.05) is 13.2 Å². The van der Waals surface area contributed by atoms with Crippen LogP contribution in [0, 0.1) is 17.2 Å². The Morgan fingerprint density at radius 2 is 1.78 bits per heavy atom. The maximum atomic E-state index is 14.7. The van der Waals surface area contributed by atoms with Gasteiger partial charge in [-0.15, -0.1) is 0 Å². The van der Waals surface area contributed by atoms with Gasteiger partial charge in [-0.05, 0) is 78.1 Å². The van der Waals surface area contributed by atoms with Gasteiger partial charge in [-0.3, -0.25) is 9.59 Å². The normalized spacial score (nSPS) is 23.4. The summed E-state index contributed by atoms with van der Waals surface area (Å²) < 4.78 is 27.8. The fourth-order valence-electron chi connectivity index (χ4n) is 6.67. The zero-order valence-corrected chi connectivity index (χ0v) is 22.5. The number of aromatic nitrogens is 1. The van der Waals surface area contributed by atoms with Crippen LogP contribution >= 0.6 is 0 Å². The molecule has 1 amide bonds. The second-order valence-corrected chi connectivity index (χ2v) is 11.8. The third-order valence-corrected chi connectivity index (χ3v) is 8.90. The average molecular weight is 555 g/mol. The van der Waals surface area contributed by atoms with Gasteiger partial charge in [-0.1, -0.05) is 36.4 Å². The number of rotatable bonds is 8. The average Bonchev–Trinajstić information content (AvgIpc) is 3.32. The summed E-state index contributed by atoms with van der Waals surface area (Å²) >= 11 is 0. The summed E-state index contributed by atoms with van der Waals surface area (Å²) in [5.74, 6) is -0.757. The number of ether oxygens (including phenoxy) is 2. The Morgan fingerprint density at radius 3 is 2.49 bits per heavy atom. The molecule has 1 aliphatic heterocycles. The molecule has 1 spiro atoms. The Hall–Kier alpha value is -4.17. The second kappa shape index (κ2) is 10.0. The largest absolute Gasteiger partial charge is 0.486 e. The van der Waals surface area contributed by atoms with Gasteiger partial charge in [0, 0.05) is 24.2 Å².